The van der Waals surface area contributed by atoms with Crippen LogP contribution < -0.4 is 5.50 Å². The van der Waals surface area contributed by atoms with E-state index in [-0.39, 0.29) is 12.1 Å². The SMILES string of the molecule is COOP(N)ON(C(C)C)C(C)C. The fourth-order valence-electron chi connectivity index (χ4n) is 0.965. The van der Waals surface area contributed by atoms with Crippen LogP contribution in [0.3, 0.4) is 0 Å². The van der Waals surface area contributed by atoms with Crippen LogP contribution in [0.1, 0.15) is 27.7 Å². The third kappa shape index (κ3) is 5.52. The van der Waals surface area contributed by atoms with E-state index in [1.165, 1.54) is 7.11 Å². The van der Waals surface area contributed by atoms with Gasteiger partial charge in [0.05, 0.1) is 7.11 Å². The van der Waals surface area contributed by atoms with Crippen LogP contribution in [-0.2, 0) is 14.2 Å². The lowest BCUT2D eigenvalue weighted by Gasteiger charge is -2.29. The minimum atomic E-state index is -1.48. The fraction of sp³-hybridized carbons (Fsp3) is 1.00. The molecular formula is C7H19N2O3P. The summed E-state index contributed by atoms with van der Waals surface area (Å²) in [4.78, 5) is 4.42. The molecule has 0 aromatic heterocycles. The van der Waals surface area contributed by atoms with E-state index < -0.39 is 8.53 Å². The average molecular weight is 210 g/mol. The molecule has 0 aromatic carbocycles. The average Bonchev–Trinajstić information content (AvgIpc) is 1.99. The summed E-state index contributed by atoms with van der Waals surface area (Å²) in [7, 11) is -0.0778. The maximum Gasteiger partial charge on any atom is 0.304 e. The molecule has 0 saturated carbocycles. The summed E-state index contributed by atoms with van der Waals surface area (Å²) in [6, 6.07) is 0.517. The molecule has 0 amide bonds. The smallest absolute Gasteiger partial charge is 0.261 e. The van der Waals surface area contributed by atoms with E-state index in [1.54, 1.807) is 5.06 Å². The van der Waals surface area contributed by atoms with E-state index in [0.29, 0.717) is 0 Å². The van der Waals surface area contributed by atoms with E-state index in [9.17, 15) is 0 Å². The van der Waals surface area contributed by atoms with Gasteiger partial charge in [0.2, 0.25) is 0 Å². The lowest BCUT2D eigenvalue weighted by molar-refractivity contribution is -0.203. The van der Waals surface area contributed by atoms with Crippen molar-refractivity contribution in [3.8, 4) is 0 Å². The highest BCUT2D eigenvalue weighted by atomic mass is 31.2. The fourth-order valence-corrected chi connectivity index (χ4v) is 1.70. The van der Waals surface area contributed by atoms with Gasteiger partial charge < -0.3 is 0 Å². The topological polar surface area (TPSA) is 57.0 Å². The maximum atomic E-state index is 5.51. The number of rotatable bonds is 6. The maximum absolute atomic E-state index is 5.51. The van der Waals surface area contributed by atoms with Crippen LogP contribution in [0.2, 0.25) is 0 Å². The van der Waals surface area contributed by atoms with Gasteiger partial charge in [-0.05, 0) is 27.7 Å². The molecule has 0 radical (unpaired) electrons. The second-order valence-electron chi connectivity index (χ2n) is 3.16. The van der Waals surface area contributed by atoms with Gasteiger partial charge in [0.25, 0.3) is 0 Å². The number of hydrogen-bond donors (Lipinski definition) is 1. The molecule has 13 heavy (non-hydrogen) atoms. The van der Waals surface area contributed by atoms with Crippen LogP contribution in [0, 0.1) is 0 Å². The minimum absolute atomic E-state index is 0.258. The van der Waals surface area contributed by atoms with Gasteiger partial charge >= 0.3 is 8.53 Å². The van der Waals surface area contributed by atoms with Gasteiger partial charge in [0.1, 0.15) is 0 Å². The largest absolute Gasteiger partial charge is 0.304 e. The van der Waals surface area contributed by atoms with Crippen molar-refractivity contribution in [2.75, 3.05) is 7.11 Å². The number of hydroxylamine groups is 2. The zero-order chi connectivity index (χ0) is 10.4. The third-order valence-corrected chi connectivity index (χ3v) is 1.99. The van der Waals surface area contributed by atoms with Gasteiger partial charge in [-0.15, -0.1) is 0 Å². The molecule has 5 nitrogen and oxygen atoms in total. The van der Waals surface area contributed by atoms with Crippen molar-refractivity contribution in [3.63, 3.8) is 0 Å². The van der Waals surface area contributed by atoms with E-state index >= 15 is 0 Å². The molecule has 0 aromatic rings. The molecule has 0 heterocycles. The second kappa shape index (κ2) is 6.65. The molecule has 80 valence electrons. The lowest BCUT2D eigenvalue weighted by Crippen LogP contribution is -2.36. The first-order chi connectivity index (χ1) is 5.99. The summed E-state index contributed by atoms with van der Waals surface area (Å²) >= 11 is 0. The normalized spacial score (nSPS) is 14.5. The highest BCUT2D eigenvalue weighted by molar-refractivity contribution is 7.44. The second-order valence-corrected chi connectivity index (χ2v) is 4.04. The van der Waals surface area contributed by atoms with Crippen LogP contribution in [0.25, 0.3) is 0 Å². The Bertz CT molecular complexity index is 127. The Labute approximate surface area is 81.0 Å². The first kappa shape index (κ1) is 13.2. The van der Waals surface area contributed by atoms with Crippen molar-refractivity contribution >= 4 is 8.53 Å². The highest BCUT2D eigenvalue weighted by Gasteiger charge is 2.19. The molecule has 0 bridgehead atoms. The molecule has 0 rings (SSSR count). The van der Waals surface area contributed by atoms with Crippen LogP contribution in [-0.4, -0.2) is 24.3 Å². The molecule has 0 fully saturated rings. The van der Waals surface area contributed by atoms with Crippen molar-refractivity contribution in [3.05, 3.63) is 0 Å². The van der Waals surface area contributed by atoms with Gasteiger partial charge in [-0.25, -0.2) is 9.51 Å². The Morgan fingerprint density at radius 1 is 1.15 bits per heavy atom. The van der Waals surface area contributed by atoms with Crippen molar-refractivity contribution in [1.29, 1.82) is 0 Å². The number of hydrogen-bond acceptors (Lipinski definition) is 5. The number of nitrogens with two attached hydrogens (primary N) is 1. The van der Waals surface area contributed by atoms with E-state index in [1.807, 2.05) is 27.7 Å². The first-order valence-corrected chi connectivity index (χ1v) is 5.45. The molecule has 2 N–H and O–H groups in total. The molecule has 0 aliphatic carbocycles. The molecule has 1 unspecified atom stereocenters. The van der Waals surface area contributed by atoms with E-state index in [2.05, 4.69) is 9.56 Å². The van der Waals surface area contributed by atoms with Gasteiger partial charge in [0.15, 0.2) is 0 Å². The van der Waals surface area contributed by atoms with Gasteiger partial charge in [-0.2, -0.15) is 9.74 Å². The van der Waals surface area contributed by atoms with Gasteiger partial charge in [-0.1, -0.05) is 0 Å². The Kier molecular flexibility index (Phi) is 6.77. The third-order valence-electron chi connectivity index (χ3n) is 1.34. The van der Waals surface area contributed by atoms with Crippen LogP contribution in [0.15, 0.2) is 0 Å². The van der Waals surface area contributed by atoms with Crippen molar-refractivity contribution in [2.45, 2.75) is 39.8 Å². The summed E-state index contributed by atoms with van der Waals surface area (Å²) in [5.74, 6) is 0. The monoisotopic (exact) mass is 210 g/mol. The lowest BCUT2D eigenvalue weighted by atomic mass is 10.3. The van der Waals surface area contributed by atoms with Crippen LogP contribution >= 0.6 is 8.53 Å². The first-order valence-electron chi connectivity index (χ1n) is 4.21. The van der Waals surface area contributed by atoms with E-state index in [0.717, 1.165) is 0 Å². The van der Waals surface area contributed by atoms with Crippen LogP contribution in [0.5, 0.6) is 0 Å². The highest BCUT2D eigenvalue weighted by Crippen LogP contribution is 2.31. The molecule has 0 spiro atoms. The van der Waals surface area contributed by atoms with Gasteiger partial charge in [0, 0.05) is 12.1 Å². The van der Waals surface area contributed by atoms with Crippen molar-refractivity contribution in [1.82, 2.24) is 5.06 Å². The summed E-state index contributed by atoms with van der Waals surface area (Å²) in [6.45, 7) is 8.10. The Hall–Kier alpha value is 0.230. The Balaban J connectivity index is 3.94. The summed E-state index contributed by atoms with van der Waals surface area (Å²) in [5, 5.41) is 1.78. The zero-order valence-corrected chi connectivity index (χ0v) is 9.75. The molecule has 0 aliphatic rings. The molecule has 0 saturated heterocycles. The van der Waals surface area contributed by atoms with E-state index in [4.69, 9.17) is 10.1 Å². The predicted octanol–water partition coefficient (Wildman–Crippen LogP) is 1.80. The van der Waals surface area contributed by atoms with Gasteiger partial charge in [-0.3, -0.25) is 5.50 Å². The molecule has 0 aliphatic heterocycles. The van der Waals surface area contributed by atoms with Crippen molar-refractivity contribution < 1.29 is 14.2 Å². The molecular weight excluding hydrogens is 191 g/mol. The Morgan fingerprint density at radius 2 is 1.62 bits per heavy atom. The Morgan fingerprint density at radius 3 is 1.92 bits per heavy atom. The summed E-state index contributed by atoms with van der Waals surface area (Å²) in [6.07, 6.45) is 0. The van der Waals surface area contributed by atoms with Crippen molar-refractivity contribution in [2.24, 2.45) is 5.50 Å². The summed E-state index contributed by atoms with van der Waals surface area (Å²) in [5.41, 5.74) is 5.51. The minimum Gasteiger partial charge on any atom is -0.261 e. The predicted molar refractivity (Wildman–Crippen MR) is 52.4 cm³/mol. The molecule has 6 heteroatoms. The zero-order valence-electron chi connectivity index (χ0n) is 8.85. The quantitative estimate of drug-likeness (QED) is 0.411. The molecule has 1 atom stereocenters. The van der Waals surface area contributed by atoms with Crippen LogP contribution in [0.4, 0.5) is 0 Å². The standard InChI is InChI=1S/C7H19N2O3P/c1-6(2)9(7(3)4)11-13(8)12-10-5/h6-7H,8H2,1-5H3. The summed E-state index contributed by atoms with van der Waals surface area (Å²) < 4.78 is 9.99. The number of nitrogens with zero attached hydrogens (tertiary/aromatic N) is 1.